The fourth-order valence-electron chi connectivity index (χ4n) is 1.29. The van der Waals surface area contributed by atoms with Crippen molar-refractivity contribution in [2.75, 3.05) is 6.61 Å². The minimum absolute atomic E-state index is 0.0538. The Morgan fingerprint density at radius 2 is 2.35 bits per heavy atom. The Bertz CT molecular complexity index is 457. The summed E-state index contributed by atoms with van der Waals surface area (Å²) in [5.74, 6) is 0. The van der Waals surface area contributed by atoms with Crippen molar-refractivity contribution in [3.8, 4) is 6.07 Å². The van der Waals surface area contributed by atoms with Crippen LogP contribution in [0.2, 0.25) is 0 Å². The lowest BCUT2D eigenvalue weighted by Gasteiger charge is -2.09. The number of nitriles is 1. The highest BCUT2D eigenvalue weighted by Crippen LogP contribution is 2.33. The average molecular weight is 252 g/mol. The summed E-state index contributed by atoms with van der Waals surface area (Å²) in [6.07, 6.45) is 0.571. The van der Waals surface area contributed by atoms with Gasteiger partial charge in [0.05, 0.1) is 21.5 Å². The molecule has 1 N–H and O–H groups in total. The number of benzene rings is 1. The summed E-state index contributed by atoms with van der Waals surface area (Å²) in [4.78, 5) is 10.9. The van der Waals surface area contributed by atoms with Crippen LogP contribution < -0.4 is 0 Å². The molecule has 0 saturated carbocycles. The van der Waals surface area contributed by atoms with Crippen LogP contribution in [0, 0.1) is 21.4 Å². The molecule has 0 aliphatic carbocycles. The number of nitro benzene ring substituents is 1. The number of nitrogens with zero attached hydrogens (tertiary/aromatic N) is 2. The first-order chi connectivity index (χ1) is 8.08. The van der Waals surface area contributed by atoms with E-state index in [-0.39, 0.29) is 23.1 Å². The monoisotopic (exact) mass is 252 g/mol. The fourth-order valence-corrected chi connectivity index (χ4v) is 2.34. The maximum atomic E-state index is 10.9. The molecule has 1 unspecified atom stereocenters. The molecule has 5 nitrogen and oxygen atoms in total. The van der Waals surface area contributed by atoms with Crippen LogP contribution >= 0.6 is 11.8 Å². The molecule has 0 amide bonds. The van der Waals surface area contributed by atoms with E-state index in [9.17, 15) is 10.1 Å². The van der Waals surface area contributed by atoms with Crippen molar-refractivity contribution in [2.45, 2.75) is 23.5 Å². The lowest BCUT2D eigenvalue weighted by atomic mass is 10.2. The van der Waals surface area contributed by atoms with Gasteiger partial charge in [-0.2, -0.15) is 5.26 Å². The van der Waals surface area contributed by atoms with Crippen molar-refractivity contribution in [1.82, 2.24) is 0 Å². The highest BCUT2D eigenvalue weighted by Gasteiger charge is 2.17. The molecule has 90 valence electrons. The molecule has 0 saturated heterocycles. The van der Waals surface area contributed by atoms with Crippen LogP contribution in [0.3, 0.4) is 0 Å². The molecule has 6 heteroatoms. The summed E-state index contributed by atoms with van der Waals surface area (Å²) in [6.45, 7) is 1.95. The summed E-state index contributed by atoms with van der Waals surface area (Å²) in [5, 5.41) is 28.4. The minimum atomic E-state index is -0.491. The second-order valence-electron chi connectivity index (χ2n) is 3.49. The summed E-state index contributed by atoms with van der Waals surface area (Å²) < 4.78 is 0. The smallest absolute Gasteiger partial charge is 0.284 e. The highest BCUT2D eigenvalue weighted by atomic mass is 32.2. The van der Waals surface area contributed by atoms with Crippen molar-refractivity contribution in [1.29, 1.82) is 5.26 Å². The first-order valence-corrected chi connectivity index (χ1v) is 5.92. The van der Waals surface area contributed by atoms with E-state index >= 15 is 0 Å². The van der Waals surface area contributed by atoms with Crippen molar-refractivity contribution in [3.05, 3.63) is 33.9 Å². The van der Waals surface area contributed by atoms with E-state index in [0.717, 1.165) is 0 Å². The molecule has 1 rings (SSSR count). The molecular formula is C11H12N2O3S. The number of aliphatic hydroxyl groups is 1. The van der Waals surface area contributed by atoms with Crippen molar-refractivity contribution in [3.63, 3.8) is 0 Å². The van der Waals surface area contributed by atoms with Crippen LogP contribution in [0.25, 0.3) is 0 Å². The van der Waals surface area contributed by atoms with Gasteiger partial charge in [-0.1, -0.05) is 6.92 Å². The number of hydrogen-bond acceptors (Lipinski definition) is 5. The van der Waals surface area contributed by atoms with Gasteiger partial charge in [0.1, 0.15) is 0 Å². The number of aliphatic hydroxyl groups excluding tert-OH is 1. The van der Waals surface area contributed by atoms with Gasteiger partial charge in [0.25, 0.3) is 5.69 Å². The third-order valence-electron chi connectivity index (χ3n) is 2.15. The molecule has 0 aromatic heterocycles. The fraction of sp³-hybridized carbons (Fsp3) is 0.364. The predicted molar refractivity (Wildman–Crippen MR) is 64.8 cm³/mol. The number of nitro groups is 1. The van der Waals surface area contributed by atoms with E-state index in [1.165, 1.54) is 17.8 Å². The third-order valence-corrected chi connectivity index (χ3v) is 3.39. The van der Waals surface area contributed by atoms with Gasteiger partial charge in [-0.05, 0) is 18.6 Å². The van der Waals surface area contributed by atoms with Crippen LogP contribution in [-0.4, -0.2) is 21.9 Å². The lowest BCUT2D eigenvalue weighted by molar-refractivity contribution is -0.387. The second kappa shape index (κ2) is 6.23. The van der Waals surface area contributed by atoms with Crippen molar-refractivity contribution >= 4 is 17.4 Å². The molecule has 0 spiro atoms. The molecule has 0 fully saturated rings. The minimum Gasteiger partial charge on any atom is -0.396 e. The molecule has 1 aromatic rings. The Balaban J connectivity index is 2.99. The summed E-state index contributed by atoms with van der Waals surface area (Å²) in [6, 6.07) is 6.28. The SMILES string of the molecule is CC(CCO)Sc1ccc(C#N)cc1[N+](=O)[O-]. The van der Waals surface area contributed by atoms with E-state index in [1.807, 2.05) is 13.0 Å². The number of rotatable bonds is 5. The first kappa shape index (κ1) is 13.5. The third kappa shape index (κ3) is 3.73. The zero-order valence-electron chi connectivity index (χ0n) is 9.29. The lowest BCUT2D eigenvalue weighted by Crippen LogP contribution is -2.00. The van der Waals surface area contributed by atoms with Crippen LogP contribution in [0.5, 0.6) is 0 Å². The van der Waals surface area contributed by atoms with E-state index in [1.54, 1.807) is 12.1 Å². The molecule has 1 atom stereocenters. The Kier molecular flexibility index (Phi) is 4.94. The topological polar surface area (TPSA) is 87.2 Å². The van der Waals surface area contributed by atoms with Gasteiger partial charge in [0.15, 0.2) is 0 Å². The normalized spacial score (nSPS) is 11.8. The highest BCUT2D eigenvalue weighted by molar-refractivity contribution is 8.00. The zero-order chi connectivity index (χ0) is 12.8. The molecule has 17 heavy (non-hydrogen) atoms. The van der Waals surface area contributed by atoms with E-state index in [4.69, 9.17) is 10.4 Å². The first-order valence-electron chi connectivity index (χ1n) is 5.04. The van der Waals surface area contributed by atoms with Gasteiger partial charge >= 0.3 is 0 Å². The molecule has 0 aliphatic rings. The molecule has 0 aliphatic heterocycles. The van der Waals surface area contributed by atoms with E-state index in [2.05, 4.69) is 0 Å². The molecule has 0 heterocycles. The average Bonchev–Trinajstić information content (AvgIpc) is 2.29. The largest absolute Gasteiger partial charge is 0.396 e. The summed E-state index contributed by atoms with van der Waals surface area (Å²) in [5.41, 5.74) is 0.217. The van der Waals surface area contributed by atoms with E-state index < -0.39 is 4.92 Å². The Morgan fingerprint density at radius 3 is 2.88 bits per heavy atom. The second-order valence-corrected chi connectivity index (χ2v) is 4.97. The van der Waals surface area contributed by atoms with E-state index in [0.29, 0.717) is 11.3 Å². The Hall–Kier alpha value is -1.58. The Labute approximate surface area is 103 Å². The summed E-state index contributed by atoms with van der Waals surface area (Å²) >= 11 is 1.33. The van der Waals surface area contributed by atoms with Gasteiger partial charge < -0.3 is 5.11 Å². The van der Waals surface area contributed by atoms with Crippen LogP contribution in [0.15, 0.2) is 23.1 Å². The van der Waals surface area contributed by atoms with Gasteiger partial charge in [0.2, 0.25) is 0 Å². The van der Waals surface area contributed by atoms with Gasteiger partial charge in [-0.3, -0.25) is 10.1 Å². The van der Waals surface area contributed by atoms with Crippen LogP contribution in [0.1, 0.15) is 18.9 Å². The quantitative estimate of drug-likeness (QED) is 0.493. The van der Waals surface area contributed by atoms with Gasteiger partial charge in [-0.25, -0.2) is 0 Å². The predicted octanol–water partition coefficient (Wildman–Crippen LogP) is 2.33. The number of thioether (sulfide) groups is 1. The number of hydrogen-bond donors (Lipinski definition) is 1. The molecule has 0 bridgehead atoms. The van der Waals surface area contributed by atoms with Crippen LogP contribution in [-0.2, 0) is 0 Å². The van der Waals surface area contributed by atoms with Crippen molar-refractivity contribution < 1.29 is 10.0 Å². The van der Waals surface area contributed by atoms with Gasteiger partial charge in [-0.15, -0.1) is 11.8 Å². The zero-order valence-corrected chi connectivity index (χ0v) is 10.1. The maximum Gasteiger partial charge on any atom is 0.284 e. The molecule has 1 aromatic carbocycles. The van der Waals surface area contributed by atoms with Gasteiger partial charge in [0, 0.05) is 17.9 Å². The maximum absolute atomic E-state index is 10.9. The molecular weight excluding hydrogens is 240 g/mol. The molecule has 0 radical (unpaired) electrons. The van der Waals surface area contributed by atoms with Crippen LogP contribution in [0.4, 0.5) is 5.69 Å². The Morgan fingerprint density at radius 1 is 1.65 bits per heavy atom. The standard InChI is InChI=1S/C11H12N2O3S/c1-8(4-5-14)17-11-3-2-9(7-12)6-10(11)13(15)16/h2-3,6,8,14H,4-5H2,1H3. The van der Waals surface area contributed by atoms with Crippen molar-refractivity contribution in [2.24, 2.45) is 0 Å². The summed E-state index contributed by atoms with van der Waals surface area (Å²) in [7, 11) is 0.